The van der Waals surface area contributed by atoms with E-state index in [0.29, 0.717) is 17.8 Å². The van der Waals surface area contributed by atoms with E-state index < -0.39 is 0 Å². The summed E-state index contributed by atoms with van der Waals surface area (Å²) in [6.45, 7) is 6.22. The highest BCUT2D eigenvalue weighted by molar-refractivity contribution is 5.92. The summed E-state index contributed by atoms with van der Waals surface area (Å²) in [5.74, 6) is -0.146. The van der Waals surface area contributed by atoms with E-state index in [4.69, 9.17) is 5.26 Å². The summed E-state index contributed by atoms with van der Waals surface area (Å²) >= 11 is 0. The summed E-state index contributed by atoms with van der Waals surface area (Å²) in [5.41, 5.74) is 2.70. The second-order valence-electron chi connectivity index (χ2n) is 5.38. The predicted molar refractivity (Wildman–Crippen MR) is 82.9 cm³/mol. The Labute approximate surface area is 130 Å². The largest absolute Gasteiger partial charge is 0.331 e. The van der Waals surface area contributed by atoms with Gasteiger partial charge in [-0.05, 0) is 38.5 Å². The zero-order valence-electron chi connectivity index (χ0n) is 12.9. The highest BCUT2D eigenvalue weighted by Crippen LogP contribution is 2.13. The normalized spacial score (nSPS) is 10.3. The summed E-state index contributed by atoms with van der Waals surface area (Å²) in [7, 11) is 0. The number of nitrogens with zero attached hydrogens (tertiary/aromatic N) is 4. The van der Waals surface area contributed by atoms with E-state index in [0.717, 1.165) is 11.3 Å². The number of nitriles is 1. The fourth-order valence-corrected chi connectivity index (χ4v) is 2.02. The summed E-state index contributed by atoms with van der Waals surface area (Å²) in [6, 6.07) is 9.35. The molecule has 0 unspecified atom stereocenters. The van der Waals surface area contributed by atoms with Crippen LogP contribution in [-0.4, -0.2) is 26.8 Å². The molecule has 0 fully saturated rings. The first-order valence-corrected chi connectivity index (χ1v) is 7.10. The maximum atomic E-state index is 12.6. The topological polar surface area (TPSA) is 69.9 Å². The molecule has 1 heterocycles. The van der Waals surface area contributed by atoms with Gasteiger partial charge >= 0.3 is 0 Å². The number of carbonyl (C=O) groups is 1. The molecular formula is C17H18N4O. The van der Waals surface area contributed by atoms with Crippen LogP contribution in [0, 0.1) is 18.3 Å². The van der Waals surface area contributed by atoms with Gasteiger partial charge in [0.05, 0.1) is 23.5 Å². The zero-order valence-corrected chi connectivity index (χ0v) is 12.9. The minimum Gasteiger partial charge on any atom is -0.331 e. The van der Waals surface area contributed by atoms with Crippen LogP contribution in [0.15, 0.2) is 36.7 Å². The van der Waals surface area contributed by atoms with Crippen molar-refractivity contribution in [1.82, 2.24) is 14.9 Å². The first-order chi connectivity index (χ1) is 10.5. The third-order valence-electron chi connectivity index (χ3n) is 3.32. The van der Waals surface area contributed by atoms with Gasteiger partial charge in [-0.25, -0.2) is 4.98 Å². The Morgan fingerprint density at radius 2 is 1.91 bits per heavy atom. The standard InChI is InChI=1S/C17H18N4O/c1-12(2)21(11-15-6-4-14(8-18)5-7-15)17(22)16-10-19-13(3)9-20-16/h4-7,9-10,12H,11H2,1-3H3. The lowest BCUT2D eigenvalue weighted by atomic mass is 10.1. The molecule has 1 aromatic heterocycles. The van der Waals surface area contributed by atoms with Crippen LogP contribution in [0.5, 0.6) is 0 Å². The molecule has 0 atom stereocenters. The summed E-state index contributed by atoms with van der Waals surface area (Å²) < 4.78 is 0. The Morgan fingerprint density at radius 3 is 2.41 bits per heavy atom. The van der Waals surface area contributed by atoms with Crippen LogP contribution < -0.4 is 0 Å². The van der Waals surface area contributed by atoms with Crippen molar-refractivity contribution < 1.29 is 4.79 Å². The Kier molecular flexibility index (Phi) is 4.84. The molecule has 0 N–H and O–H groups in total. The Hall–Kier alpha value is -2.74. The molecule has 1 aromatic carbocycles. The molecule has 112 valence electrons. The average molecular weight is 294 g/mol. The van der Waals surface area contributed by atoms with Crippen molar-refractivity contribution in [1.29, 1.82) is 5.26 Å². The fraction of sp³-hybridized carbons (Fsp3) is 0.294. The fourth-order valence-electron chi connectivity index (χ4n) is 2.02. The number of carbonyl (C=O) groups excluding carboxylic acids is 1. The van der Waals surface area contributed by atoms with Gasteiger partial charge in [0.2, 0.25) is 0 Å². The van der Waals surface area contributed by atoms with Crippen molar-refractivity contribution in [2.75, 3.05) is 0 Å². The quantitative estimate of drug-likeness (QED) is 0.869. The van der Waals surface area contributed by atoms with Gasteiger partial charge in [-0.15, -0.1) is 0 Å². The Balaban J connectivity index is 2.20. The summed E-state index contributed by atoms with van der Waals surface area (Å²) in [5, 5.41) is 8.83. The minimum atomic E-state index is -0.146. The highest BCUT2D eigenvalue weighted by Gasteiger charge is 2.20. The number of rotatable bonds is 4. The first-order valence-electron chi connectivity index (χ1n) is 7.10. The molecule has 0 bridgehead atoms. The number of amides is 1. The lowest BCUT2D eigenvalue weighted by Gasteiger charge is -2.26. The number of aromatic nitrogens is 2. The van der Waals surface area contributed by atoms with Crippen LogP contribution >= 0.6 is 0 Å². The summed E-state index contributed by atoms with van der Waals surface area (Å²) in [6.07, 6.45) is 3.10. The van der Waals surface area contributed by atoms with E-state index in [1.165, 1.54) is 6.20 Å². The molecule has 0 spiro atoms. The Morgan fingerprint density at radius 1 is 1.23 bits per heavy atom. The van der Waals surface area contributed by atoms with Gasteiger partial charge < -0.3 is 4.90 Å². The first kappa shape index (κ1) is 15.6. The van der Waals surface area contributed by atoms with Crippen molar-refractivity contribution >= 4 is 5.91 Å². The van der Waals surface area contributed by atoms with Crippen molar-refractivity contribution in [3.63, 3.8) is 0 Å². The van der Waals surface area contributed by atoms with Gasteiger partial charge in [0.25, 0.3) is 5.91 Å². The second-order valence-corrected chi connectivity index (χ2v) is 5.38. The van der Waals surface area contributed by atoms with E-state index in [2.05, 4.69) is 16.0 Å². The van der Waals surface area contributed by atoms with Crippen LogP contribution in [-0.2, 0) is 6.54 Å². The molecule has 5 heteroatoms. The lowest BCUT2D eigenvalue weighted by Crippen LogP contribution is -2.37. The zero-order chi connectivity index (χ0) is 16.1. The van der Waals surface area contributed by atoms with E-state index >= 15 is 0 Å². The van der Waals surface area contributed by atoms with Crippen molar-refractivity contribution in [2.45, 2.75) is 33.4 Å². The van der Waals surface area contributed by atoms with Gasteiger partial charge in [0.15, 0.2) is 0 Å². The van der Waals surface area contributed by atoms with Gasteiger partial charge in [0.1, 0.15) is 5.69 Å². The Bertz CT molecular complexity index is 684. The smallest absolute Gasteiger partial charge is 0.274 e. The minimum absolute atomic E-state index is 0.0336. The average Bonchev–Trinajstić information content (AvgIpc) is 2.53. The molecule has 2 rings (SSSR count). The van der Waals surface area contributed by atoms with Gasteiger partial charge in [0, 0.05) is 18.8 Å². The molecule has 0 aliphatic carbocycles. The van der Waals surface area contributed by atoms with Gasteiger partial charge in [-0.1, -0.05) is 12.1 Å². The molecule has 0 saturated carbocycles. The third-order valence-corrected chi connectivity index (χ3v) is 3.32. The monoisotopic (exact) mass is 294 g/mol. The number of benzene rings is 1. The van der Waals surface area contributed by atoms with Crippen molar-refractivity contribution in [2.24, 2.45) is 0 Å². The molecule has 2 aromatic rings. The van der Waals surface area contributed by atoms with E-state index in [9.17, 15) is 4.79 Å². The molecule has 1 amide bonds. The highest BCUT2D eigenvalue weighted by atomic mass is 16.2. The second kappa shape index (κ2) is 6.81. The molecule has 22 heavy (non-hydrogen) atoms. The number of hydrogen-bond donors (Lipinski definition) is 0. The third kappa shape index (κ3) is 3.67. The van der Waals surface area contributed by atoms with Crippen LogP contribution in [0.4, 0.5) is 0 Å². The molecular weight excluding hydrogens is 276 g/mol. The SMILES string of the molecule is Cc1cnc(C(=O)N(Cc2ccc(C#N)cc2)C(C)C)cn1. The van der Waals surface area contributed by atoms with Crippen LogP contribution in [0.3, 0.4) is 0 Å². The van der Waals surface area contributed by atoms with Gasteiger partial charge in [-0.2, -0.15) is 5.26 Å². The number of aryl methyl sites for hydroxylation is 1. The predicted octanol–water partition coefficient (Wildman–Crippen LogP) is 2.71. The molecule has 0 radical (unpaired) electrons. The molecule has 5 nitrogen and oxygen atoms in total. The van der Waals surface area contributed by atoms with Crippen LogP contribution in [0.25, 0.3) is 0 Å². The molecule has 0 saturated heterocycles. The summed E-state index contributed by atoms with van der Waals surface area (Å²) in [4.78, 5) is 22.6. The van der Waals surface area contributed by atoms with Crippen LogP contribution in [0.1, 0.15) is 41.2 Å². The maximum absolute atomic E-state index is 12.6. The van der Waals surface area contributed by atoms with Gasteiger partial charge in [-0.3, -0.25) is 9.78 Å². The molecule has 0 aliphatic rings. The van der Waals surface area contributed by atoms with Crippen molar-refractivity contribution in [3.8, 4) is 6.07 Å². The van der Waals surface area contributed by atoms with E-state index in [-0.39, 0.29) is 11.9 Å². The number of hydrogen-bond acceptors (Lipinski definition) is 4. The maximum Gasteiger partial charge on any atom is 0.274 e. The van der Waals surface area contributed by atoms with Crippen LogP contribution in [0.2, 0.25) is 0 Å². The molecule has 0 aliphatic heterocycles. The van der Waals surface area contributed by atoms with E-state index in [1.807, 2.05) is 32.9 Å². The van der Waals surface area contributed by atoms with Crippen molar-refractivity contribution in [3.05, 3.63) is 59.2 Å². The van der Waals surface area contributed by atoms with E-state index in [1.54, 1.807) is 23.2 Å². The lowest BCUT2D eigenvalue weighted by molar-refractivity contribution is 0.0683.